The summed E-state index contributed by atoms with van der Waals surface area (Å²) in [5.74, 6) is -0.731. The molecule has 0 unspecified atom stereocenters. The maximum absolute atomic E-state index is 9.36. The summed E-state index contributed by atoms with van der Waals surface area (Å²) in [7, 11) is 0. The van der Waals surface area contributed by atoms with E-state index in [1.54, 1.807) is 0 Å². The van der Waals surface area contributed by atoms with Crippen LogP contribution in [0.3, 0.4) is 0 Å². The number of hydrogen-bond donors (Lipinski definition) is 0. The van der Waals surface area contributed by atoms with Crippen LogP contribution < -0.4 is 0 Å². The predicted molar refractivity (Wildman–Crippen MR) is 18.4 cm³/mol. The molecule has 0 spiro atoms. The molecule has 0 amide bonds. The van der Waals surface area contributed by atoms with Crippen LogP contribution in [0.15, 0.2) is 12.7 Å². The minimum Gasteiger partial charge on any atom is -0.294 e. The zero-order chi connectivity index (χ0) is 4.28. The summed E-state index contributed by atoms with van der Waals surface area (Å²) in [6.45, 7) is 9.09. The van der Waals surface area contributed by atoms with Gasteiger partial charge in [0.1, 0.15) is 0 Å². The first-order valence-corrected chi connectivity index (χ1v) is 1.15. The van der Waals surface area contributed by atoms with Crippen LogP contribution in [0, 0.1) is 6.92 Å². The van der Waals surface area contributed by atoms with Gasteiger partial charge < -0.3 is 0 Å². The fourth-order valence-corrected chi connectivity index (χ4v) is 0. The maximum atomic E-state index is 9.36. The summed E-state index contributed by atoms with van der Waals surface area (Å²) in [5.41, 5.74) is 0. The molecule has 0 aromatic rings. The summed E-state index contributed by atoms with van der Waals surface area (Å²) in [4.78, 5) is 9.36. The van der Waals surface area contributed by atoms with Crippen molar-refractivity contribution in [2.45, 2.75) is 0 Å². The van der Waals surface area contributed by atoms with Crippen LogP contribution in [0.5, 0.6) is 0 Å². The van der Waals surface area contributed by atoms with Crippen molar-refractivity contribution in [3.8, 4) is 0 Å². The van der Waals surface area contributed by atoms with Crippen LogP contribution in [0.1, 0.15) is 0 Å². The Labute approximate surface area is 69.5 Å². The molecule has 0 rings (SSSR count). The molecule has 0 saturated heterocycles. The first kappa shape index (κ1) is 15.6. The van der Waals surface area contributed by atoms with Gasteiger partial charge in [-0.25, -0.2) is 0 Å². The van der Waals surface area contributed by atoms with Crippen LogP contribution in [-0.2, 0) is 44.2 Å². The van der Waals surface area contributed by atoms with E-state index in [0.29, 0.717) is 0 Å². The van der Waals surface area contributed by atoms with Gasteiger partial charge in [0.15, 0.2) is 5.78 Å². The van der Waals surface area contributed by atoms with Gasteiger partial charge in [-0.1, -0.05) is 6.58 Å². The molecule has 1 nitrogen and oxygen atoms in total. The van der Waals surface area contributed by atoms with Crippen LogP contribution in [0.2, 0.25) is 0 Å². The Morgan fingerprint density at radius 2 is 1.86 bits per heavy atom. The summed E-state index contributed by atoms with van der Waals surface area (Å²) in [6.07, 6.45) is 0.944. The molecule has 0 saturated carbocycles. The summed E-state index contributed by atoms with van der Waals surface area (Å²) in [5, 5.41) is 0. The average Bonchev–Trinajstić information content (AvgIpc) is 1.38. The summed E-state index contributed by atoms with van der Waals surface area (Å²) in [6, 6.07) is 0. The molecule has 0 aliphatic carbocycles. The molecule has 0 aromatic heterocycles. The number of allylic oxidation sites excluding steroid dienone is 1. The molecule has 0 heterocycles. The minimum atomic E-state index is -0.731. The average molecular weight is 328 g/mol. The Balaban J connectivity index is -0.0000000800. The molecular weight excluding hydrogens is 325 g/mol. The molecule has 0 aromatic carbocycles. The van der Waals surface area contributed by atoms with E-state index in [2.05, 4.69) is 6.58 Å². The van der Waals surface area contributed by atoms with Crippen molar-refractivity contribution < 1.29 is 44.2 Å². The van der Waals surface area contributed by atoms with Crippen molar-refractivity contribution in [1.82, 2.24) is 0 Å². The smallest absolute Gasteiger partial charge is 0.164 e. The Kier molecular flexibility index (Phi) is 22.0. The van der Waals surface area contributed by atoms with E-state index in [-0.39, 0.29) is 39.4 Å². The third kappa shape index (κ3) is 20.4. The zero-order valence-corrected chi connectivity index (χ0v) is 6.40. The standard InChI is InChI=1S/C4H3O.Au.Cu/c1-3-4(2)5;;/h3H,1H2;;. The second kappa shape index (κ2) is 9.83. The fraction of sp³-hybridized carbons (Fsp3) is 0. The van der Waals surface area contributed by atoms with E-state index in [4.69, 9.17) is 6.92 Å². The normalized spacial score (nSPS) is 4.71. The Hall–Kier alpha value is 0.670. The van der Waals surface area contributed by atoms with Gasteiger partial charge in [0, 0.05) is 39.4 Å². The van der Waals surface area contributed by atoms with Crippen molar-refractivity contribution in [3.63, 3.8) is 0 Å². The van der Waals surface area contributed by atoms with E-state index < -0.39 is 5.78 Å². The quantitative estimate of drug-likeness (QED) is 0.501. The van der Waals surface area contributed by atoms with Crippen LogP contribution in [0.25, 0.3) is 0 Å². The molecule has 0 fully saturated rings. The molecule has 0 aliphatic heterocycles. The molecule has 0 bridgehead atoms. The largest absolute Gasteiger partial charge is 0.294 e. The maximum Gasteiger partial charge on any atom is 0.164 e. The van der Waals surface area contributed by atoms with Crippen molar-refractivity contribution >= 4 is 5.78 Å². The molecular formula is C4H3AuCuO. The van der Waals surface area contributed by atoms with Gasteiger partial charge in [-0.05, 0) is 6.08 Å². The molecule has 47 valence electrons. The second-order valence-corrected chi connectivity index (χ2v) is 0.568. The monoisotopic (exact) mass is 327 g/mol. The molecule has 0 atom stereocenters. The van der Waals surface area contributed by atoms with Gasteiger partial charge in [-0.2, -0.15) is 0 Å². The Morgan fingerprint density at radius 1 is 1.71 bits per heavy atom. The number of carbonyl (C=O) groups excluding carboxylic acids is 1. The summed E-state index contributed by atoms with van der Waals surface area (Å²) >= 11 is 0. The fourth-order valence-electron chi connectivity index (χ4n) is 0. The van der Waals surface area contributed by atoms with Gasteiger partial charge in [0.05, 0.1) is 6.92 Å². The van der Waals surface area contributed by atoms with Gasteiger partial charge >= 0.3 is 0 Å². The molecule has 0 N–H and O–H groups in total. The van der Waals surface area contributed by atoms with Gasteiger partial charge in [0.2, 0.25) is 0 Å². The van der Waals surface area contributed by atoms with Gasteiger partial charge in [0.25, 0.3) is 0 Å². The van der Waals surface area contributed by atoms with E-state index in [1.165, 1.54) is 0 Å². The minimum absolute atomic E-state index is 0. The molecule has 0 aliphatic rings. The van der Waals surface area contributed by atoms with E-state index >= 15 is 0 Å². The van der Waals surface area contributed by atoms with Crippen LogP contribution in [-0.4, -0.2) is 5.78 Å². The van der Waals surface area contributed by atoms with Gasteiger partial charge in [-0.15, -0.1) is 0 Å². The first-order chi connectivity index (χ1) is 2.27. The number of rotatable bonds is 1. The Bertz CT molecular complexity index is 62.7. The number of hydrogen-bond acceptors (Lipinski definition) is 1. The second-order valence-electron chi connectivity index (χ2n) is 0.568. The van der Waals surface area contributed by atoms with Gasteiger partial charge in [-0.3, -0.25) is 4.79 Å². The van der Waals surface area contributed by atoms with E-state index in [1.807, 2.05) is 0 Å². The third-order valence-corrected chi connectivity index (χ3v) is 0.185. The van der Waals surface area contributed by atoms with Crippen molar-refractivity contribution in [3.05, 3.63) is 19.6 Å². The topological polar surface area (TPSA) is 17.1 Å². The van der Waals surface area contributed by atoms with Crippen molar-refractivity contribution in [2.75, 3.05) is 0 Å². The predicted octanol–water partition coefficient (Wildman–Crippen LogP) is 0.325. The zero-order valence-electron chi connectivity index (χ0n) is 3.30. The summed E-state index contributed by atoms with van der Waals surface area (Å²) < 4.78 is 0. The van der Waals surface area contributed by atoms with E-state index in [0.717, 1.165) is 6.08 Å². The van der Waals surface area contributed by atoms with Crippen molar-refractivity contribution in [2.24, 2.45) is 0 Å². The van der Waals surface area contributed by atoms with Crippen LogP contribution in [0.4, 0.5) is 0 Å². The number of ketones is 1. The molecule has 3 heteroatoms. The SMILES string of the molecule is [Au].[C]C(=O)C=C.[Cu]. The molecule has 7 heavy (non-hydrogen) atoms. The number of carbonyl (C=O) groups is 1. The third-order valence-electron chi connectivity index (χ3n) is 0.185. The Morgan fingerprint density at radius 3 is 1.86 bits per heavy atom. The first-order valence-electron chi connectivity index (χ1n) is 1.15. The van der Waals surface area contributed by atoms with E-state index in [9.17, 15) is 4.79 Å². The van der Waals surface area contributed by atoms with Crippen LogP contribution >= 0.6 is 0 Å². The molecule has 5 radical (unpaired) electrons. The van der Waals surface area contributed by atoms with Crippen molar-refractivity contribution in [1.29, 1.82) is 0 Å².